The summed E-state index contributed by atoms with van der Waals surface area (Å²) in [6.45, 7) is 1.46. The van der Waals surface area contributed by atoms with Gasteiger partial charge in [-0.1, -0.05) is 6.07 Å². The highest BCUT2D eigenvalue weighted by molar-refractivity contribution is 9.10. The molecule has 0 unspecified atom stereocenters. The van der Waals surface area contributed by atoms with Crippen LogP contribution in [0.5, 0.6) is 11.5 Å². The number of rotatable bonds is 6. The minimum atomic E-state index is 0.709. The summed E-state index contributed by atoms with van der Waals surface area (Å²) in [5.41, 5.74) is 2.14. The van der Waals surface area contributed by atoms with Crippen LogP contribution in [0.1, 0.15) is 11.3 Å². The summed E-state index contributed by atoms with van der Waals surface area (Å²) in [6, 6.07) is 9.88. The molecule has 0 spiro atoms. The van der Waals surface area contributed by atoms with Gasteiger partial charge >= 0.3 is 0 Å². The number of benzene rings is 1. The van der Waals surface area contributed by atoms with Crippen LogP contribution < -0.4 is 14.8 Å². The summed E-state index contributed by atoms with van der Waals surface area (Å²) >= 11 is 3.49. The summed E-state index contributed by atoms with van der Waals surface area (Å²) in [5.74, 6) is 1.43. The molecule has 1 aromatic carbocycles. The fourth-order valence-corrected chi connectivity index (χ4v) is 2.56. The molecule has 0 radical (unpaired) electrons. The normalized spacial score (nSPS) is 10.3. The average molecular weight is 337 g/mol. The van der Waals surface area contributed by atoms with Crippen molar-refractivity contribution in [3.8, 4) is 11.5 Å². The lowest BCUT2D eigenvalue weighted by molar-refractivity contribution is 0.352. The molecule has 0 fully saturated rings. The third kappa shape index (κ3) is 3.71. The molecular weight excluding hydrogens is 320 g/mol. The quantitative estimate of drug-likeness (QED) is 0.879. The molecule has 5 heteroatoms. The summed E-state index contributed by atoms with van der Waals surface area (Å²) < 4.78 is 11.5. The summed E-state index contributed by atoms with van der Waals surface area (Å²) in [5, 5.41) is 3.35. The summed E-state index contributed by atoms with van der Waals surface area (Å²) in [4.78, 5) is 4.27. The molecule has 1 aromatic heterocycles. The third-order valence-corrected chi connectivity index (χ3v) is 3.44. The maximum Gasteiger partial charge on any atom is 0.174 e. The van der Waals surface area contributed by atoms with Gasteiger partial charge in [0.15, 0.2) is 11.5 Å². The molecule has 4 nitrogen and oxygen atoms in total. The number of aromatic nitrogens is 1. The minimum absolute atomic E-state index is 0.709. The van der Waals surface area contributed by atoms with Crippen molar-refractivity contribution >= 4 is 15.9 Å². The Bertz CT molecular complexity index is 561. The highest BCUT2D eigenvalue weighted by Crippen LogP contribution is 2.36. The molecule has 1 heterocycles. The fraction of sp³-hybridized carbons (Fsp3) is 0.267. The van der Waals surface area contributed by atoms with Gasteiger partial charge in [0.1, 0.15) is 0 Å². The number of halogens is 1. The first-order valence-corrected chi connectivity index (χ1v) is 7.05. The first kappa shape index (κ1) is 14.8. The van der Waals surface area contributed by atoms with Crippen molar-refractivity contribution in [2.75, 3.05) is 14.2 Å². The Hall–Kier alpha value is -1.59. The second-order valence-corrected chi connectivity index (χ2v) is 5.09. The zero-order valence-electron chi connectivity index (χ0n) is 11.5. The molecule has 106 valence electrons. The van der Waals surface area contributed by atoms with Crippen LogP contribution in [0.3, 0.4) is 0 Å². The van der Waals surface area contributed by atoms with E-state index in [1.165, 1.54) is 0 Å². The van der Waals surface area contributed by atoms with E-state index in [0.717, 1.165) is 34.6 Å². The van der Waals surface area contributed by atoms with Gasteiger partial charge in [-0.05, 0) is 45.8 Å². The van der Waals surface area contributed by atoms with Crippen LogP contribution in [-0.2, 0) is 13.1 Å². The van der Waals surface area contributed by atoms with E-state index in [4.69, 9.17) is 9.47 Å². The molecule has 0 atom stereocenters. The van der Waals surface area contributed by atoms with Crippen LogP contribution in [-0.4, -0.2) is 19.2 Å². The van der Waals surface area contributed by atoms with Crippen molar-refractivity contribution in [3.05, 3.63) is 52.3 Å². The standard InChI is InChI=1S/C15H17BrN2O2/c1-19-14-8-11(7-13(16)15(14)20-2)9-17-10-12-5-3-4-6-18-12/h3-8,17H,9-10H2,1-2H3. The van der Waals surface area contributed by atoms with E-state index in [-0.39, 0.29) is 0 Å². The van der Waals surface area contributed by atoms with Crippen LogP contribution in [0.15, 0.2) is 41.0 Å². The maximum absolute atomic E-state index is 5.33. The van der Waals surface area contributed by atoms with Crippen molar-refractivity contribution in [1.82, 2.24) is 10.3 Å². The topological polar surface area (TPSA) is 43.4 Å². The Morgan fingerprint density at radius 2 is 2.00 bits per heavy atom. The van der Waals surface area contributed by atoms with Gasteiger partial charge in [0.2, 0.25) is 0 Å². The number of nitrogens with one attached hydrogen (secondary N) is 1. The van der Waals surface area contributed by atoms with E-state index in [1.807, 2.05) is 30.3 Å². The Morgan fingerprint density at radius 3 is 2.65 bits per heavy atom. The van der Waals surface area contributed by atoms with Gasteiger partial charge < -0.3 is 14.8 Å². The molecule has 0 saturated heterocycles. The van der Waals surface area contributed by atoms with Crippen LogP contribution >= 0.6 is 15.9 Å². The smallest absolute Gasteiger partial charge is 0.174 e. The number of nitrogens with zero attached hydrogens (tertiary/aromatic N) is 1. The van der Waals surface area contributed by atoms with Crippen molar-refractivity contribution < 1.29 is 9.47 Å². The van der Waals surface area contributed by atoms with Crippen LogP contribution in [0.25, 0.3) is 0 Å². The van der Waals surface area contributed by atoms with Gasteiger partial charge in [0.05, 0.1) is 24.4 Å². The predicted octanol–water partition coefficient (Wildman–Crippen LogP) is 3.15. The molecule has 0 amide bonds. The van der Waals surface area contributed by atoms with Crippen molar-refractivity contribution in [2.24, 2.45) is 0 Å². The monoisotopic (exact) mass is 336 g/mol. The van der Waals surface area contributed by atoms with Crippen molar-refractivity contribution in [3.63, 3.8) is 0 Å². The maximum atomic E-state index is 5.33. The predicted molar refractivity (Wildman–Crippen MR) is 82.0 cm³/mol. The number of ether oxygens (including phenoxy) is 2. The lowest BCUT2D eigenvalue weighted by Gasteiger charge is -2.12. The molecular formula is C15H17BrN2O2. The molecule has 2 rings (SSSR count). The number of hydrogen-bond acceptors (Lipinski definition) is 4. The Labute approximate surface area is 127 Å². The molecule has 0 aliphatic carbocycles. The molecule has 0 aliphatic rings. The second-order valence-electron chi connectivity index (χ2n) is 4.24. The van der Waals surface area contributed by atoms with Crippen molar-refractivity contribution in [1.29, 1.82) is 0 Å². The Balaban J connectivity index is 2.01. The lowest BCUT2D eigenvalue weighted by Crippen LogP contribution is -2.13. The van der Waals surface area contributed by atoms with Gasteiger partial charge in [-0.25, -0.2) is 0 Å². The van der Waals surface area contributed by atoms with Gasteiger partial charge in [0, 0.05) is 19.3 Å². The summed E-state index contributed by atoms with van der Waals surface area (Å²) in [7, 11) is 3.26. The first-order chi connectivity index (χ1) is 9.74. The zero-order valence-corrected chi connectivity index (χ0v) is 13.1. The highest BCUT2D eigenvalue weighted by Gasteiger charge is 2.10. The minimum Gasteiger partial charge on any atom is -0.493 e. The number of hydrogen-bond donors (Lipinski definition) is 1. The summed E-state index contributed by atoms with van der Waals surface area (Å²) in [6.07, 6.45) is 1.80. The zero-order chi connectivity index (χ0) is 14.4. The third-order valence-electron chi connectivity index (χ3n) is 2.85. The molecule has 0 bridgehead atoms. The lowest BCUT2D eigenvalue weighted by atomic mass is 10.2. The first-order valence-electron chi connectivity index (χ1n) is 6.25. The van der Waals surface area contributed by atoms with Crippen molar-refractivity contribution in [2.45, 2.75) is 13.1 Å². The Morgan fingerprint density at radius 1 is 1.15 bits per heavy atom. The van der Waals surface area contributed by atoms with E-state index in [0.29, 0.717) is 5.75 Å². The van der Waals surface area contributed by atoms with E-state index < -0.39 is 0 Å². The van der Waals surface area contributed by atoms with E-state index >= 15 is 0 Å². The number of methoxy groups -OCH3 is 2. The highest BCUT2D eigenvalue weighted by atomic mass is 79.9. The van der Waals surface area contributed by atoms with E-state index in [9.17, 15) is 0 Å². The second kappa shape index (κ2) is 7.26. The van der Waals surface area contributed by atoms with E-state index in [1.54, 1.807) is 20.4 Å². The average Bonchev–Trinajstić information content (AvgIpc) is 2.47. The fourth-order valence-electron chi connectivity index (χ4n) is 1.91. The van der Waals surface area contributed by atoms with Crippen LogP contribution in [0.4, 0.5) is 0 Å². The molecule has 0 aliphatic heterocycles. The van der Waals surface area contributed by atoms with Gasteiger partial charge in [-0.3, -0.25) is 4.98 Å². The van der Waals surface area contributed by atoms with E-state index in [2.05, 4.69) is 26.2 Å². The molecule has 0 saturated carbocycles. The van der Waals surface area contributed by atoms with Gasteiger partial charge in [0.25, 0.3) is 0 Å². The molecule has 20 heavy (non-hydrogen) atoms. The van der Waals surface area contributed by atoms with Gasteiger partial charge in [-0.15, -0.1) is 0 Å². The largest absolute Gasteiger partial charge is 0.493 e. The molecule has 2 aromatic rings. The van der Waals surface area contributed by atoms with Crippen LogP contribution in [0, 0.1) is 0 Å². The number of pyridine rings is 1. The van der Waals surface area contributed by atoms with Crippen LogP contribution in [0.2, 0.25) is 0 Å². The van der Waals surface area contributed by atoms with Gasteiger partial charge in [-0.2, -0.15) is 0 Å². The Kier molecular flexibility index (Phi) is 5.38. The molecule has 1 N–H and O–H groups in total. The SMILES string of the molecule is COc1cc(CNCc2ccccn2)cc(Br)c1OC.